The number of hydrogen-bond acceptors (Lipinski definition) is 4. The maximum Gasteiger partial charge on any atom is 2.00 e. The van der Waals surface area contributed by atoms with Crippen LogP contribution in [0.4, 0.5) is 0 Å². The van der Waals surface area contributed by atoms with E-state index in [2.05, 4.69) is 0 Å². The summed E-state index contributed by atoms with van der Waals surface area (Å²) < 4.78 is 0. The molecule has 0 aromatic heterocycles. The molecule has 0 aliphatic rings. The SMILES string of the molecule is CC(C)=C(C(=O)[O-])C(=O)[O-].[Ag+2]. The number of carboxylic acids is 2. The van der Waals surface area contributed by atoms with E-state index in [1.54, 1.807) is 0 Å². The van der Waals surface area contributed by atoms with Gasteiger partial charge in [-0.15, -0.1) is 0 Å². The number of carbonyl (C=O) groups excluding carboxylic acids is 2. The molecule has 1 radical (unpaired) electrons. The third-order valence-electron chi connectivity index (χ3n) is 0.908. The molecule has 0 unspecified atom stereocenters. The molecule has 0 aliphatic heterocycles. The van der Waals surface area contributed by atoms with Gasteiger partial charge in [0.25, 0.3) is 0 Å². The normalized spacial score (nSPS) is 7.82. The summed E-state index contributed by atoms with van der Waals surface area (Å²) in [6, 6.07) is 0. The van der Waals surface area contributed by atoms with E-state index >= 15 is 0 Å². The summed E-state index contributed by atoms with van der Waals surface area (Å²) in [6.07, 6.45) is 0. The molecule has 0 aromatic carbocycles. The van der Waals surface area contributed by atoms with Gasteiger partial charge < -0.3 is 19.8 Å². The molecular formula is C6H6AgO4. The predicted molar refractivity (Wildman–Crippen MR) is 28.4 cm³/mol. The van der Waals surface area contributed by atoms with E-state index in [0.717, 1.165) is 0 Å². The zero-order chi connectivity index (χ0) is 8.31. The quantitative estimate of drug-likeness (QED) is 0.241. The molecule has 5 heteroatoms. The van der Waals surface area contributed by atoms with Gasteiger partial charge in [-0.2, -0.15) is 0 Å². The van der Waals surface area contributed by atoms with Gasteiger partial charge in [0.05, 0.1) is 11.9 Å². The van der Waals surface area contributed by atoms with Crippen molar-refractivity contribution in [2.45, 2.75) is 13.8 Å². The van der Waals surface area contributed by atoms with Crippen molar-refractivity contribution >= 4 is 11.9 Å². The third kappa shape index (κ3) is 3.98. The van der Waals surface area contributed by atoms with Crippen molar-refractivity contribution in [1.29, 1.82) is 0 Å². The summed E-state index contributed by atoms with van der Waals surface area (Å²) >= 11 is 0. The second-order valence-electron chi connectivity index (χ2n) is 1.95. The first-order valence-corrected chi connectivity index (χ1v) is 2.57. The van der Waals surface area contributed by atoms with Gasteiger partial charge in [-0.3, -0.25) is 0 Å². The number of carbonyl (C=O) groups is 2. The Morgan fingerprint density at radius 1 is 1.00 bits per heavy atom. The van der Waals surface area contributed by atoms with Crippen molar-refractivity contribution in [3.8, 4) is 0 Å². The Kier molecular flexibility index (Phi) is 6.07. The standard InChI is InChI=1S/C6H8O4.Ag/c1-3(2)4(5(7)8)6(9)10;/h1-2H3,(H,7,8)(H,9,10);/q;+2/p-2. The second kappa shape index (κ2) is 5.12. The minimum absolute atomic E-state index is 0. The van der Waals surface area contributed by atoms with Crippen LogP contribution in [0.3, 0.4) is 0 Å². The minimum atomic E-state index is -1.71. The zero-order valence-electron chi connectivity index (χ0n) is 5.93. The summed E-state index contributed by atoms with van der Waals surface area (Å²) in [5.74, 6) is -3.42. The molecular weight excluding hydrogens is 244 g/mol. The Labute approximate surface area is 79.4 Å². The monoisotopic (exact) mass is 249 g/mol. The molecule has 0 amide bonds. The van der Waals surface area contributed by atoms with E-state index in [1.165, 1.54) is 13.8 Å². The van der Waals surface area contributed by atoms with Gasteiger partial charge >= 0.3 is 22.4 Å². The maximum atomic E-state index is 9.99. The molecule has 0 saturated carbocycles. The van der Waals surface area contributed by atoms with Crippen LogP contribution in [0.2, 0.25) is 0 Å². The third-order valence-corrected chi connectivity index (χ3v) is 0.908. The molecule has 0 fully saturated rings. The van der Waals surface area contributed by atoms with Gasteiger partial charge in [0.15, 0.2) is 0 Å². The Hall–Kier alpha value is -0.580. The number of carboxylic acid groups (broad SMARTS) is 2. The van der Waals surface area contributed by atoms with Crippen LogP contribution in [0.5, 0.6) is 0 Å². The van der Waals surface area contributed by atoms with Crippen molar-refractivity contribution in [1.82, 2.24) is 0 Å². The molecule has 0 rings (SSSR count). The Morgan fingerprint density at radius 2 is 1.27 bits per heavy atom. The zero-order valence-corrected chi connectivity index (χ0v) is 7.42. The van der Waals surface area contributed by atoms with Crippen LogP contribution >= 0.6 is 0 Å². The van der Waals surface area contributed by atoms with E-state index < -0.39 is 17.5 Å². The van der Waals surface area contributed by atoms with E-state index in [9.17, 15) is 19.8 Å². The fourth-order valence-electron chi connectivity index (χ4n) is 0.492. The summed E-state index contributed by atoms with van der Waals surface area (Å²) in [4.78, 5) is 20.0. The average molecular weight is 250 g/mol. The van der Waals surface area contributed by atoms with Crippen molar-refractivity contribution in [2.24, 2.45) is 0 Å². The average Bonchev–Trinajstić information content (AvgIpc) is 1.59. The van der Waals surface area contributed by atoms with Crippen molar-refractivity contribution in [2.75, 3.05) is 0 Å². The van der Waals surface area contributed by atoms with E-state index in [1.807, 2.05) is 0 Å². The minimum Gasteiger partial charge on any atom is -0.545 e. The molecule has 4 nitrogen and oxygen atoms in total. The Balaban J connectivity index is 0. The van der Waals surface area contributed by atoms with Crippen LogP contribution < -0.4 is 10.2 Å². The maximum absolute atomic E-state index is 9.99. The first-order valence-electron chi connectivity index (χ1n) is 2.57. The smallest absolute Gasteiger partial charge is 0.545 e. The van der Waals surface area contributed by atoms with Crippen molar-refractivity contribution in [3.05, 3.63) is 11.1 Å². The molecule has 0 spiro atoms. The molecule has 11 heavy (non-hydrogen) atoms. The van der Waals surface area contributed by atoms with Crippen LogP contribution in [0, 0.1) is 0 Å². The molecule has 0 atom stereocenters. The predicted octanol–water partition coefficient (Wildman–Crippen LogP) is -2.18. The molecule has 0 aliphatic carbocycles. The first kappa shape index (κ1) is 13.0. The number of allylic oxidation sites excluding steroid dienone is 1. The number of aliphatic carboxylic acids is 2. The van der Waals surface area contributed by atoms with Crippen LogP contribution in [0.15, 0.2) is 11.1 Å². The second-order valence-corrected chi connectivity index (χ2v) is 1.95. The van der Waals surface area contributed by atoms with Gasteiger partial charge in [0.1, 0.15) is 0 Å². The Morgan fingerprint density at radius 3 is 1.27 bits per heavy atom. The van der Waals surface area contributed by atoms with E-state index in [0.29, 0.717) is 0 Å². The van der Waals surface area contributed by atoms with Gasteiger partial charge in [0, 0.05) is 5.57 Å². The molecule has 0 bridgehead atoms. The molecule has 0 aromatic rings. The summed E-state index contributed by atoms with van der Waals surface area (Å²) in [7, 11) is 0. The Bertz CT molecular complexity index is 187. The summed E-state index contributed by atoms with van der Waals surface area (Å²) in [5, 5.41) is 20.0. The first-order chi connectivity index (χ1) is 4.46. The van der Waals surface area contributed by atoms with Gasteiger partial charge in [-0.1, -0.05) is 5.57 Å². The van der Waals surface area contributed by atoms with Crippen LogP contribution in [-0.4, -0.2) is 11.9 Å². The fourth-order valence-corrected chi connectivity index (χ4v) is 0.492. The molecule has 65 valence electrons. The van der Waals surface area contributed by atoms with Gasteiger partial charge in [-0.25, -0.2) is 0 Å². The topological polar surface area (TPSA) is 80.3 Å². The van der Waals surface area contributed by atoms with E-state index in [-0.39, 0.29) is 28.0 Å². The number of rotatable bonds is 2. The van der Waals surface area contributed by atoms with E-state index in [4.69, 9.17) is 0 Å². The van der Waals surface area contributed by atoms with Crippen LogP contribution in [-0.2, 0) is 32.0 Å². The number of hydrogen-bond donors (Lipinski definition) is 0. The molecule has 0 N–H and O–H groups in total. The summed E-state index contributed by atoms with van der Waals surface area (Å²) in [5.41, 5.74) is -0.611. The van der Waals surface area contributed by atoms with Crippen LogP contribution in [0.1, 0.15) is 13.8 Å². The van der Waals surface area contributed by atoms with Gasteiger partial charge in [0.2, 0.25) is 0 Å². The molecule has 0 saturated heterocycles. The van der Waals surface area contributed by atoms with Crippen LogP contribution in [0.25, 0.3) is 0 Å². The van der Waals surface area contributed by atoms with Crippen molar-refractivity contribution in [3.63, 3.8) is 0 Å². The largest absolute Gasteiger partial charge is 2.00 e. The molecule has 0 heterocycles. The van der Waals surface area contributed by atoms with Gasteiger partial charge in [-0.05, 0) is 13.8 Å². The summed E-state index contributed by atoms with van der Waals surface area (Å²) in [6.45, 7) is 2.72. The fraction of sp³-hybridized carbons (Fsp3) is 0.333. The van der Waals surface area contributed by atoms with Crippen molar-refractivity contribution < 1.29 is 42.2 Å².